The maximum atomic E-state index is 11.7. The largest absolute Gasteiger partial charge is 0.548 e. The molecule has 0 aliphatic heterocycles. The number of hydrogen-bond donors (Lipinski definition) is 1. The third-order valence-electron chi connectivity index (χ3n) is 2.24. The highest BCUT2D eigenvalue weighted by atomic mass is 16.4. The molecule has 1 amide bonds. The van der Waals surface area contributed by atoms with Gasteiger partial charge in [0.15, 0.2) is 0 Å². The number of carbonyl (C=O) groups excluding carboxylic acids is 2. The van der Waals surface area contributed by atoms with Crippen LogP contribution in [-0.2, 0) is 4.79 Å². The summed E-state index contributed by atoms with van der Waals surface area (Å²) in [6.07, 6.45) is 0. The minimum absolute atomic E-state index is 0.210. The van der Waals surface area contributed by atoms with Crippen molar-refractivity contribution in [2.24, 2.45) is 5.92 Å². The van der Waals surface area contributed by atoms with E-state index >= 15 is 0 Å². The molecule has 86 valence electrons. The summed E-state index contributed by atoms with van der Waals surface area (Å²) in [4.78, 5) is 22.4. The first-order valence-corrected chi connectivity index (χ1v) is 5.09. The molecule has 0 saturated heterocycles. The first kappa shape index (κ1) is 12.2. The summed E-state index contributed by atoms with van der Waals surface area (Å²) in [5.41, 5.74) is 0.439. The van der Waals surface area contributed by atoms with E-state index in [0.717, 1.165) is 0 Å². The number of hydrogen-bond acceptors (Lipinski definition) is 3. The van der Waals surface area contributed by atoms with Crippen LogP contribution in [0.15, 0.2) is 30.3 Å². The predicted molar refractivity (Wildman–Crippen MR) is 57.5 cm³/mol. The van der Waals surface area contributed by atoms with E-state index < -0.39 is 17.9 Å². The van der Waals surface area contributed by atoms with Crippen molar-refractivity contribution in [1.29, 1.82) is 0 Å². The van der Waals surface area contributed by atoms with Crippen molar-refractivity contribution in [3.8, 4) is 0 Å². The lowest BCUT2D eigenvalue weighted by Gasteiger charge is -2.23. The Morgan fingerprint density at radius 3 is 2.19 bits per heavy atom. The molecule has 0 aliphatic rings. The van der Waals surface area contributed by atoms with Gasteiger partial charge < -0.3 is 15.2 Å². The highest BCUT2D eigenvalue weighted by molar-refractivity contribution is 5.96. The zero-order valence-electron chi connectivity index (χ0n) is 9.27. The third-order valence-corrected chi connectivity index (χ3v) is 2.24. The van der Waals surface area contributed by atoms with Gasteiger partial charge >= 0.3 is 0 Å². The normalized spacial score (nSPS) is 12.2. The molecule has 1 aromatic rings. The minimum Gasteiger partial charge on any atom is -0.548 e. The first-order chi connectivity index (χ1) is 7.52. The predicted octanol–water partition coefficient (Wildman–Crippen LogP) is 0.191. The van der Waals surface area contributed by atoms with E-state index in [0.29, 0.717) is 5.56 Å². The van der Waals surface area contributed by atoms with Crippen molar-refractivity contribution >= 4 is 11.9 Å². The molecule has 0 saturated carbocycles. The Balaban J connectivity index is 2.74. The van der Waals surface area contributed by atoms with Crippen molar-refractivity contribution in [3.05, 3.63) is 35.9 Å². The molecule has 0 aliphatic carbocycles. The van der Waals surface area contributed by atoms with Crippen LogP contribution in [0.1, 0.15) is 24.2 Å². The van der Waals surface area contributed by atoms with Crippen LogP contribution in [0.4, 0.5) is 0 Å². The number of nitrogens with one attached hydrogen (secondary N) is 1. The topological polar surface area (TPSA) is 69.2 Å². The van der Waals surface area contributed by atoms with E-state index in [4.69, 9.17) is 0 Å². The van der Waals surface area contributed by atoms with Crippen LogP contribution < -0.4 is 10.4 Å². The molecular weight excluding hydrogens is 206 g/mol. The van der Waals surface area contributed by atoms with Gasteiger partial charge in [-0.25, -0.2) is 0 Å². The van der Waals surface area contributed by atoms with Crippen LogP contribution >= 0.6 is 0 Å². The average molecular weight is 220 g/mol. The molecule has 0 spiro atoms. The molecule has 4 nitrogen and oxygen atoms in total. The summed E-state index contributed by atoms with van der Waals surface area (Å²) in [5.74, 6) is -1.87. The summed E-state index contributed by atoms with van der Waals surface area (Å²) >= 11 is 0. The molecule has 4 heteroatoms. The summed E-state index contributed by atoms with van der Waals surface area (Å²) < 4.78 is 0. The molecular formula is C12H14NO3-. The molecule has 1 aromatic carbocycles. The van der Waals surface area contributed by atoms with Gasteiger partial charge in [-0.1, -0.05) is 32.0 Å². The quantitative estimate of drug-likeness (QED) is 0.787. The molecule has 0 fully saturated rings. The second kappa shape index (κ2) is 5.30. The summed E-state index contributed by atoms with van der Waals surface area (Å²) in [6, 6.07) is 7.52. The molecule has 0 bridgehead atoms. The third kappa shape index (κ3) is 3.08. The van der Waals surface area contributed by atoms with Crippen molar-refractivity contribution in [1.82, 2.24) is 5.32 Å². The Bertz CT molecular complexity index is 373. The second-order valence-corrected chi connectivity index (χ2v) is 3.88. The Kier molecular flexibility index (Phi) is 4.05. The summed E-state index contributed by atoms with van der Waals surface area (Å²) in [5, 5.41) is 13.2. The van der Waals surface area contributed by atoms with E-state index in [1.54, 1.807) is 44.2 Å². The van der Waals surface area contributed by atoms with Gasteiger partial charge in [-0.05, 0) is 18.1 Å². The lowest BCUT2D eigenvalue weighted by molar-refractivity contribution is -0.309. The highest BCUT2D eigenvalue weighted by Crippen LogP contribution is 2.04. The maximum Gasteiger partial charge on any atom is 0.251 e. The van der Waals surface area contributed by atoms with Crippen molar-refractivity contribution in [3.63, 3.8) is 0 Å². The molecule has 1 rings (SSSR count). The minimum atomic E-state index is -1.26. The van der Waals surface area contributed by atoms with Crippen molar-refractivity contribution in [2.45, 2.75) is 19.9 Å². The number of aliphatic carboxylic acids is 1. The van der Waals surface area contributed by atoms with Gasteiger partial charge in [0.1, 0.15) is 0 Å². The standard InChI is InChI=1S/C12H15NO3/c1-8(2)10(12(15)16)13-11(14)9-6-4-3-5-7-9/h3-8,10H,1-2H3,(H,13,14)(H,15,16)/p-1/t10-/m1/s1. The van der Waals surface area contributed by atoms with Crippen LogP contribution in [0.25, 0.3) is 0 Å². The smallest absolute Gasteiger partial charge is 0.251 e. The average Bonchev–Trinajstić information content (AvgIpc) is 2.25. The van der Waals surface area contributed by atoms with E-state index in [9.17, 15) is 14.7 Å². The van der Waals surface area contributed by atoms with Gasteiger partial charge in [-0.2, -0.15) is 0 Å². The fraction of sp³-hybridized carbons (Fsp3) is 0.333. The Labute approximate surface area is 94.3 Å². The van der Waals surface area contributed by atoms with Gasteiger partial charge in [-0.15, -0.1) is 0 Å². The van der Waals surface area contributed by atoms with Gasteiger partial charge in [-0.3, -0.25) is 4.79 Å². The number of rotatable bonds is 4. The highest BCUT2D eigenvalue weighted by Gasteiger charge is 2.17. The number of amides is 1. The Hall–Kier alpha value is -1.84. The molecule has 0 unspecified atom stereocenters. The molecule has 0 radical (unpaired) electrons. The molecule has 16 heavy (non-hydrogen) atoms. The van der Waals surface area contributed by atoms with Gasteiger partial charge in [0, 0.05) is 5.56 Å². The van der Waals surface area contributed by atoms with Crippen LogP contribution in [0, 0.1) is 5.92 Å². The van der Waals surface area contributed by atoms with Crippen LogP contribution in [0.3, 0.4) is 0 Å². The van der Waals surface area contributed by atoms with E-state index in [-0.39, 0.29) is 5.92 Å². The van der Waals surface area contributed by atoms with Crippen molar-refractivity contribution in [2.75, 3.05) is 0 Å². The van der Waals surface area contributed by atoms with Gasteiger partial charge in [0.25, 0.3) is 5.91 Å². The lowest BCUT2D eigenvalue weighted by Crippen LogP contribution is -2.50. The maximum absolute atomic E-state index is 11.7. The summed E-state index contributed by atoms with van der Waals surface area (Å²) in [6.45, 7) is 3.43. The van der Waals surface area contributed by atoms with Gasteiger partial charge in [0.05, 0.1) is 12.0 Å². The zero-order chi connectivity index (χ0) is 12.1. The fourth-order valence-electron chi connectivity index (χ4n) is 1.31. The number of carbonyl (C=O) groups is 2. The van der Waals surface area contributed by atoms with E-state index in [1.165, 1.54) is 0 Å². The summed E-state index contributed by atoms with van der Waals surface area (Å²) in [7, 11) is 0. The van der Waals surface area contributed by atoms with Crippen molar-refractivity contribution < 1.29 is 14.7 Å². The first-order valence-electron chi connectivity index (χ1n) is 5.09. The van der Waals surface area contributed by atoms with Crippen LogP contribution in [0.5, 0.6) is 0 Å². The van der Waals surface area contributed by atoms with E-state index in [2.05, 4.69) is 5.32 Å². The number of carboxylic acids is 1. The molecule has 0 aromatic heterocycles. The monoisotopic (exact) mass is 220 g/mol. The zero-order valence-corrected chi connectivity index (χ0v) is 9.27. The number of benzene rings is 1. The second-order valence-electron chi connectivity index (χ2n) is 3.88. The van der Waals surface area contributed by atoms with Gasteiger partial charge in [0.2, 0.25) is 0 Å². The Morgan fingerprint density at radius 1 is 1.19 bits per heavy atom. The van der Waals surface area contributed by atoms with Crippen LogP contribution in [-0.4, -0.2) is 17.9 Å². The fourth-order valence-corrected chi connectivity index (χ4v) is 1.31. The van der Waals surface area contributed by atoms with Crippen LogP contribution in [0.2, 0.25) is 0 Å². The molecule has 1 N–H and O–H groups in total. The number of carboxylic acid groups (broad SMARTS) is 1. The lowest BCUT2D eigenvalue weighted by atomic mass is 10.0. The SMILES string of the molecule is CC(C)[C@@H](NC(=O)c1ccccc1)C(=O)[O-]. The van der Waals surface area contributed by atoms with E-state index in [1.807, 2.05) is 0 Å². The Morgan fingerprint density at radius 2 is 1.75 bits per heavy atom. The molecule has 0 heterocycles. The molecule has 1 atom stereocenters.